The molecule has 0 saturated carbocycles. The molecule has 1 heterocycles. The fourth-order valence-corrected chi connectivity index (χ4v) is 2.10. The first-order chi connectivity index (χ1) is 8.89. The van der Waals surface area contributed by atoms with Crippen LogP contribution in [0.1, 0.15) is 17.6 Å². The number of nitrogens with zero attached hydrogens (tertiary/aromatic N) is 1. The van der Waals surface area contributed by atoms with E-state index < -0.39 is 23.7 Å². The lowest BCUT2D eigenvalue weighted by molar-refractivity contribution is -0.137. The molecule has 1 aliphatic rings. The number of hydrogen-bond donors (Lipinski definition) is 1. The third kappa shape index (κ3) is 3.15. The standard InChI is InChI=1S/C12H13F5N2/c13-11(14)8-1-2-10(9(7-8)12(15,16)17)19-5-3-18-4-6-19/h1-2,7,11,18H,3-6H2. The number of halogens is 5. The summed E-state index contributed by atoms with van der Waals surface area (Å²) in [6, 6.07) is 2.73. The van der Waals surface area contributed by atoms with Gasteiger partial charge in [0.25, 0.3) is 6.43 Å². The Balaban J connectivity index is 2.41. The van der Waals surface area contributed by atoms with Gasteiger partial charge in [0.1, 0.15) is 0 Å². The Hall–Kier alpha value is -1.37. The van der Waals surface area contributed by atoms with Gasteiger partial charge in [0.2, 0.25) is 0 Å². The third-order valence-corrected chi connectivity index (χ3v) is 3.04. The molecule has 0 amide bonds. The Bertz CT molecular complexity index is 438. The molecule has 1 aliphatic heterocycles. The third-order valence-electron chi connectivity index (χ3n) is 3.04. The molecular formula is C12H13F5N2. The molecule has 0 aliphatic carbocycles. The lowest BCUT2D eigenvalue weighted by Gasteiger charge is -2.31. The molecule has 0 bridgehead atoms. The summed E-state index contributed by atoms with van der Waals surface area (Å²) in [6.45, 7) is 2.01. The highest BCUT2D eigenvalue weighted by molar-refractivity contribution is 5.57. The summed E-state index contributed by atoms with van der Waals surface area (Å²) in [7, 11) is 0. The summed E-state index contributed by atoms with van der Waals surface area (Å²) in [5.41, 5.74) is -1.63. The van der Waals surface area contributed by atoms with Gasteiger partial charge in [0, 0.05) is 37.4 Å². The zero-order chi connectivity index (χ0) is 14.0. The smallest absolute Gasteiger partial charge is 0.368 e. The normalized spacial score (nSPS) is 17.1. The molecule has 1 saturated heterocycles. The molecule has 0 radical (unpaired) electrons. The van der Waals surface area contributed by atoms with Gasteiger partial charge in [0.15, 0.2) is 0 Å². The molecular weight excluding hydrogens is 267 g/mol. The fourth-order valence-electron chi connectivity index (χ4n) is 2.10. The number of benzene rings is 1. The molecule has 0 spiro atoms. The quantitative estimate of drug-likeness (QED) is 0.838. The van der Waals surface area contributed by atoms with Gasteiger partial charge in [-0.05, 0) is 12.1 Å². The van der Waals surface area contributed by atoms with Crippen LogP contribution in [0.15, 0.2) is 18.2 Å². The van der Waals surface area contributed by atoms with E-state index in [9.17, 15) is 22.0 Å². The maximum Gasteiger partial charge on any atom is 0.418 e. The van der Waals surface area contributed by atoms with Crippen LogP contribution in [0.5, 0.6) is 0 Å². The maximum absolute atomic E-state index is 13.0. The topological polar surface area (TPSA) is 15.3 Å². The lowest BCUT2D eigenvalue weighted by atomic mass is 10.1. The van der Waals surface area contributed by atoms with E-state index in [1.807, 2.05) is 0 Å². The molecule has 0 aromatic heterocycles. The first kappa shape index (κ1) is 14.0. The number of hydrogen-bond acceptors (Lipinski definition) is 2. The van der Waals surface area contributed by atoms with Crippen LogP contribution in [-0.2, 0) is 6.18 Å². The van der Waals surface area contributed by atoms with E-state index in [0.29, 0.717) is 32.2 Å². The molecule has 2 nitrogen and oxygen atoms in total. The summed E-state index contributed by atoms with van der Waals surface area (Å²) in [4.78, 5) is 1.56. The van der Waals surface area contributed by atoms with Gasteiger partial charge in [-0.3, -0.25) is 0 Å². The second-order valence-electron chi connectivity index (χ2n) is 4.31. The van der Waals surface area contributed by atoms with Gasteiger partial charge in [0.05, 0.1) is 5.56 Å². The highest BCUT2D eigenvalue weighted by Crippen LogP contribution is 2.38. The van der Waals surface area contributed by atoms with Gasteiger partial charge in [-0.2, -0.15) is 13.2 Å². The Labute approximate surface area is 107 Å². The molecule has 1 aromatic carbocycles. The summed E-state index contributed by atoms with van der Waals surface area (Å²) in [5.74, 6) is 0. The van der Waals surface area contributed by atoms with Crippen molar-refractivity contribution >= 4 is 5.69 Å². The van der Waals surface area contributed by atoms with Gasteiger partial charge < -0.3 is 10.2 Å². The van der Waals surface area contributed by atoms with Crippen molar-refractivity contribution in [2.45, 2.75) is 12.6 Å². The van der Waals surface area contributed by atoms with Gasteiger partial charge >= 0.3 is 6.18 Å². The number of rotatable bonds is 2. The van der Waals surface area contributed by atoms with E-state index in [4.69, 9.17) is 0 Å². The van der Waals surface area contributed by atoms with E-state index in [-0.39, 0.29) is 5.69 Å². The van der Waals surface area contributed by atoms with Crippen molar-refractivity contribution in [2.24, 2.45) is 0 Å². The predicted octanol–water partition coefficient (Wildman–Crippen LogP) is 3.05. The largest absolute Gasteiger partial charge is 0.418 e. The first-order valence-electron chi connectivity index (χ1n) is 5.84. The Morgan fingerprint density at radius 1 is 1.11 bits per heavy atom. The molecule has 0 unspecified atom stereocenters. The first-order valence-corrected chi connectivity index (χ1v) is 5.84. The van der Waals surface area contributed by atoms with Crippen molar-refractivity contribution in [3.05, 3.63) is 29.3 Å². The lowest BCUT2D eigenvalue weighted by Crippen LogP contribution is -2.44. The minimum atomic E-state index is -4.63. The zero-order valence-corrected chi connectivity index (χ0v) is 9.97. The SMILES string of the molecule is FC(F)c1ccc(N2CCNCC2)c(C(F)(F)F)c1. The van der Waals surface area contributed by atoms with Gasteiger partial charge in [-0.1, -0.05) is 6.07 Å². The Morgan fingerprint density at radius 3 is 2.26 bits per heavy atom. The predicted molar refractivity (Wildman–Crippen MR) is 61.5 cm³/mol. The summed E-state index contributed by atoms with van der Waals surface area (Å²) < 4.78 is 63.9. The molecule has 1 fully saturated rings. The molecule has 1 N–H and O–H groups in total. The fraction of sp³-hybridized carbons (Fsp3) is 0.500. The summed E-state index contributed by atoms with van der Waals surface area (Å²) in [6.07, 6.45) is -7.54. The number of alkyl halides is 5. The Morgan fingerprint density at radius 2 is 1.74 bits per heavy atom. The second kappa shape index (κ2) is 5.32. The number of piperazine rings is 1. The van der Waals surface area contributed by atoms with Crippen molar-refractivity contribution in [2.75, 3.05) is 31.1 Å². The van der Waals surface area contributed by atoms with E-state index in [1.165, 1.54) is 0 Å². The van der Waals surface area contributed by atoms with Crippen LogP contribution in [0.2, 0.25) is 0 Å². The highest BCUT2D eigenvalue weighted by atomic mass is 19.4. The van der Waals surface area contributed by atoms with Crippen molar-refractivity contribution in [1.82, 2.24) is 5.32 Å². The summed E-state index contributed by atoms with van der Waals surface area (Å²) >= 11 is 0. The number of nitrogens with one attached hydrogen (secondary N) is 1. The van der Waals surface area contributed by atoms with Crippen molar-refractivity contribution in [1.29, 1.82) is 0 Å². The van der Waals surface area contributed by atoms with Gasteiger partial charge in [-0.25, -0.2) is 8.78 Å². The van der Waals surface area contributed by atoms with E-state index >= 15 is 0 Å². The minimum Gasteiger partial charge on any atom is -0.368 e. The van der Waals surface area contributed by atoms with Crippen LogP contribution in [0.25, 0.3) is 0 Å². The molecule has 19 heavy (non-hydrogen) atoms. The van der Waals surface area contributed by atoms with Crippen molar-refractivity contribution in [3.63, 3.8) is 0 Å². The molecule has 0 atom stereocenters. The van der Waals surface area contributed by atoms with Crippen LogP contribution in [-0.4, -0.2) is 26.2 Å². The van der Waals surface area contributed by atoms with Crippen LogP contribution in [0.4, 0.5) is 27.6 Å². The average molecular weight is 280 g/mol. The van der Waals surface area contributed by atoms with E-state index in [1.54, 1.807) is 4.90 Å². The highest BCUT2D eigenvalue weighted by Gasteiger charge is 2.36. The monoisotopic (exact) mass is 280 g/mol. The van der Waals surface area contributed by atoms with E-state index in [2.05, 4.69) is 5.32 Å². The van der Waals surface area contributed by atoms with Crippen LogP contribution in [0, 0.1) is 0 Å². The minimum absolute atomic E-state index is 0.0293. The van der Waals surface area contributed by atoms with Crippen LogP contribution < -0.4 is 10.2 Å². The molecule has 1 aromatic rings. The number of anilines is 1. The van der Waals surface area contributed by atoms with Gasteiger partial charge in [-0.15, -0.1) is 0 Å². The Kier molecular flexibility index (Phi) is 3.93. The van der Waals surface area contributed by atoms with Crippen molar-refractivity contribution in [3.8, 4) is 0 Å². The zero-order valence-electron chi connectivity index (χ0n) is 9.97. The van der Waals surface area contributed by atoms with E-state index in [0.717, 1.165) is 12.1 Å². The second-order valence-corrected chi connectivity index (χ2v) is 4.31. The van der Waals surface area contributed by atoms with Crippen molar-refractivity contribution < 1.29 is 22.0 Å². The van der Waals surface area contributed by atoms with Crippen LogP contribution in [0.3, 0.4) is 0 Å². The summed E-state index contributed by atoms with van der Waals surface area (Å²) in [5, 5.41) is 3.03. The van der Waals surface area contributed by atoms with Crippen LogP contribution >= 0.6 is 0 Å². The average Bonchev–Trinajstić information content (AvgIpc) is 2.38. The maximum atomic E-state index is 13.0. The molecule has 7 heteroatoms. The molecule has 2 rings (SSSR count). The molecule has 106 valence electrons.